The third-order valence-corrected chi connectivity index (χ3v) is 7.85. The van der Waals surface area contributed by atoms with Crippen LogP contribution in [0.15, 0.2) is 11.0 Å². The van der Waals surface area contributed by atoms with Gasteiger partial charge in [0.2, 0.25) is 10.0 Å². The largest absolute Gasteiger partial charge is 0.362 e. The zero-order chi connectivity index (χ0) is 19.9. The normalized spacial score (nSPS) is 20.4. The van der Waals surface area contributed by atoms with E-state index in [0.717, 1.165) is 22.3 Å². The van der Waals surface area contributed by atoms with Crippen molar-refractivity contribution >= 4 is 21.8 Å². The van der Waals surface area contributed by atoms with Crippen LogP contribution in [0.25, 0.3) is 0 Å². The van der Waals surface area contributed by atoms with Gasteiger partial charge in [0.05, 0.1) is 4.90 Å². The molecule has 1 aromatic rings. The van der Waals surface area contributed by atoms with Gasteiger partial charge in [-0.05, 0) is 62.8 Å². The lowest BCUT2D eigenvalue weighted by atomic mass is 10.0. The van der Waals surface area contributed by atoms with Gasteiger partial charge in [-0.3, -0.25) is 14.5 Å². The molecule has 0 spiro atoms. The van der Waals surface area contributed by atoms with Gasteiger partial charge in [-0.15, -0.1) is 0 Å². The van der Waals surface area contributed by atoms with E-state index in [1.165, 1.54) is 9.21 Å². The highest BCUT2D eigenvalue weighted by Crippen LogP contribution is 2.31. The predicted molar refractivity (Wildman–Crippen MR) is 99.8 cm³/mol. The van der Waals surface area contributed by atoms with Crippen molar-refractivity contribution in [2.24, 2.45) is 0 Å². The summed E-state index contributed by atoms with van der Waals surface area (Å²) in [5, 5.41) is 0. The van der Waals surface area contributed by atoms with Crippen LogP contribution >= 0.6 is 0 Å². The summed E-state index contributed by atoms with van der Waals surface area (Å²) in [5.74, 6) is -0.679. The second kappa shape index (κ2) is 7.33. The molecule has 0 bridgehead atoms. The molecule has 0 saturated carbocycles. The molecule has 0 unspecified atom stereocenters. The summed E-state index contributed by atoms with van der Waals surface area (Å²) in [6.07, 6.45) is 0.888. The lowest BCUT2D eigenvalue weighted by Gasteiger charge is -2.38. The van der Waals surface area contributed by atoms with Gasteiger partial charge >= 0.3 is 0 Å². The summed E-state index contributed by atoms with van der Waals surface area (Å²) >= 11 is 0. The van der Waals surface area contributed by atoms with Crippen LogP contribution in [0, 0.1) is 27.7 Å². The molecule has 2 heterocycles. The number of amides is 2. The number of aryl methyl sites for hydroxylation is 2. The minimum Gasteiger partial charge on any atom is -0.362 e. The summed E-state index contributed by atoms with van der Waals surface area (Å²) in [5.41, 5.74) is 3.46. The lowest BCUT2D eigenvalue weighted by Crippen LogP contribution is -2.55. The fourth-order valence-electron chi connectivity index (χ4n) is 3.95. The Kier molecular flexibility index (Phi) is 5.42. The molecule has 0 atom stereocenters. The quantitative estimate of drug-likeness (QED) is 0.725. The molecule has 2 fully saturated rings. The van der Waals surface area contributed by atoms with E-state index < -0.39 is 10.0 Å². The highest BCUT2D eigenvalue weighted by molar-refractivity contribution is 7.89. The Morgan fingerprint density at radius 1 is 0.926 bits per heavy atom. The molecule has 2 aliphatic heterocycles. The smallest absolute Gasteiger partial charge is 0.255 e. The second-order valence-corrected chi connectivity index (χ2v) is 9.25. The zero-order valence-electron chi connectivity index (χ0n) is 16.2. The first-order valence-electron chi connectivity index (χ1n) is 9.14. The number of imide groups is 1. The van der Waals surface area contributed by atoms with Crippen molar-refractivity contribution in [2.45, 2.75) is 51.5 Å². The average molecular weight is 394 g/mol. The van der Waals surface area contributed by atoms with E-state index in [9.17, 15) is 18.0 Å². The molecule has 0 aliphatic carbocycles. The molecule has 7 nitrogen and oxygen atoms in total. The van der Waals surface area contributed by atoms with Gasteiger partial charge < -0.3 is 4.74 Å². The molecule has 0 N–H and O–H groups in total. The molecule has 3 rings (SSSR count). The fraction of sp³-hybridized carbons (Fsp3) is 0.579. The molecule has 0 radical (unpaired) electrons. The number of morpholine rings is 1. The number of hydrogen-bond donors (Lipinski definition) is 0. The third-order valence-electron chi connectivity index (χ3n) is 5.67. The van der Waals surface area contributed by atoms with Gasteiger partial charge in [0.1, 0.15) is 13.2 Å². The van der Waals surface area contributed by atoms with Crippen molar-refractivity contribution in [3.63, 3.8) is 0 Å². The molecule has 148 valence electrons. The Morgan fingerprint density at radius 3 is 1.89 bits per heavy atom. The fourth-order valence-corrected chi connectivity index (χ4v) is 5.99. The third kappa shape index (κ3) is 3.53. The maximum Gasteiger partial charge on any atom is 0.255 e. The highest BCUT2D eigenvalue weighted by Gasteiger charge is 2.38. The van der Waals surface area contributed by atoms with E-state index in [-0.39, 0.29) is 44.2 Å². The van der Waals surface area contributed by atoms with Crippen molar-refractivity contribution in [3.8, 4) is 0 Å². The summed E-state index contributed by atoms with van der Waals surface area (Å²) in [6.45, 7) is 7.91. The standard InChI is InChI=1S/C19H26N2O5S/c1-12-9-13(2)15(4)19(14(12)3)27(24,25)20-7-5-16(6-8-20)21-17(22)10-26-11-18(21)23/h9,16H,5-8,10-11H2,1-4H3. The van der Waals surface area contributed by atoms with E-state index in [4.69, 9.17) is 4.74 Å². The van der Waals surface area contributed by atoms with Crippen LogP contribution in [0.5, 0.6) is 0 Å². The monoisotopic (exact) mass is 394 g/mol. The summed E-state index contributed by atoms with van der Waals surface area (Å²) in [4.78, 5) is 25.7. The number of rotatable bonds is 3. The van der Waals surface area contributed by atoms with Crippen LogP contribution in [-0.2, 0) is 24.3 Å². The summed E-state index contributed by atoms with van der Waals surface area (Å²) < 4.78 is 33.0. The van der Waals surface area contributed by atoms with Crippen molar-refractivity contribution in [3.05, 3.63) is 28.3 Å². The second-order valence-electron chi connectivity index (χ2n) is 7.38. The van der Waals surface area contributed by atoms with E-state index in [2.05, 4.69) is 0 Å². The number of carbonyl (C=O) groups is 2. The van der Waals surface area contributed by atoms with Crippen LogP contribution in [0.4, 0.5) is 0 Å². The predicted octanol–water partition coefficient (Wildman–Crippen LogP) is 1.46. The summed E-state index contributed by atoms with van der Waals surface area (Å²) in [6, 6.07) is 1.74. The SMILES string of the molecule is Cc1cc(C)c(C)c(S(=O)(=O)N2CCC(N3C(=O)COCC3=O)CC2)c1C. The van der Waals surface area contributed by atoms with E-state index in [1.807, 2.05) is 33.8 Å². The number of hydrogen-bond acceptors (Lipinski definition) is 5. The van der Waals surface area contributed by atoms with E-state index >= 15 is 0 Å². The van der Waals surface area contributed by atoms with Crippen molar-refractivity contribution in [1.82, 2.24) is 9.21 Å². The average Bonchev–Trinajstić information content (AvgIpc) is 2.60. The molecule has 2 saturated heterocycles. The Hall–Kier alpha value is -1.77. The van der Waals surface area contributed by atoms with Crippen molar-refractivity contribution in [1.29, 1.82) is 0 Å². The molecule has 2 aliphatic rings. The van der Waals surface area contributed by atoms with Gasteiger partial charge in [-0.2, -0.15) is 4.31 Å². The topological polar surface area (TPSA) is 84.0 Å². The van der Waals surface area contributed by atoms with Crippen molar-refractivity contribution in [2.75, 3.05) is 26.3 Å². The maximum atomic E-state index is 13.3. The molecule has 1 aromatic carbocycles. The molecule has 0 aromatic heterocycles. The number of nitrogens with zero attached hydrogens (tertiary/aromatic N) is 2. The first-order chi connectivity index (χ1) is 12.6. The zero-order valence-corrected chi connectivity index (χ0v) is 17.1. The highest BCUT2D eigenvalue weighted by atomic mass is 32.2. The molecule has 27 heavy (non-hydrogen) atoms. The van der Waals surface area contributed by atoms with Gasteiger partial charge in [0.15, 0.2) is 0 Å². The lowest BCUT2D eigenvalue weighted by molar-refractivity contribution is -0.162. The Bertz CT molecular complexity index is 844. The molecule has 2 amide bonds. The minimum atomic E-state index is -3.63. The van der Waals surface area contributed by atoms with Gasteiger partial charge in [0.25, 0.3) is 11.8 Å². The van der Waals surface area contributed by atoms with Crippen LogP contribution in [0.1, 0.15) is 35.1 Å². The van der Waals surface area contributed by atoms with Crippen LogP contribution in [0.3, 0.4) is 0 Å². The van der Waals surface area contributed by atoms with E-state index in [1.54, 1.807) is 0 Å². The molecule has 8 heteroatoms. The Labute approximate surface area is 160 Å². The van der Waals surface area contributed by atoms with Crippen LogP contribution in [0.2, 0.25) is 0 Å². The Balaban J connectivity index is 1.82. The van der Waals surface area contributed by atoms with Gasteiger partial charge in [-0.25, -0.2) is 8.42 Å². The number of sulfonamides is 1. The number of carbonyl (C=O) groups excluding carboxylic acids is 2. The first-order valence-corrected chi connectivity index (χ1v) is 10.6. The van der Waals surface area contributed by atoms with Crippen LogP contribution in [-0.4, -0.2) is 61.8 Å². The summed E-state index contributed by atoms with van der Waals surface area (Å²) in [7, 11) is -3.63. The minimum absolute atomic E-state index is 0.0921. The molecular formula is C19H26N2O5S. The van der Waals surface area contributed by atoms with E-state index in [0.29, 0.717) is 17.7 Å². The van der Waals surface area contributed by atoms with Gasteiger partial charge in [-0.1, -0.05) is 6.07 Å². The Morgan fingerprint density at radius 2 is 1.41 bits per heavy atom. The first kappa shape index (κ1) is 20.0. The molecular weight excluding hydrogens is 368 g/mol. The van der Waals surface area contributed by atoms with Gasteiger partial charge in [0, 0.05) is 19.1 Å². The van der Waals surface area contributed by atoms with Crippen molar-refractivity contribution < 1.29 is 22.7 Å². The number of benzene rings is 1. The number of piperidine rings is 1. The number of ether oxygens (including phenoxy) is 1. The van der Waals surface area contributed by atoms with Crippen LogP contribution < -0.4 is 0 Å². The maximum absolute atomic E-state index is 13.3.